The fourth-order valence-electron chi connectivity index (χ4n) is 9.09. The van der Waals surface area contributed by atoms with Crippen LogP contribution in [0.1, 0.15) is 0 Å². The monoisotopic (exact) mass is 769 g/mol. The quantitative estimate of drug-likeness (QED) is 0.157. The van der Waals surface area contributed by atoms with Gasteiger partial charge >= 0.3 is 0 Å². The van der Waals surface area contributed by atoms with Crippen LogP contribution in [0.4, 0.5) is 17.1 Å². The zero-order valence-corrected chi connectivity index (χ0v) is 32.8. The number of anilines is 3. The lowest BCUT2D eigenvalue weighted by molar-refractivity contribution is 0.669. The van der Waals surface area contributed by atoms with Crippen molar-refractivity contribution in [3.8, 4) is 33.4 Å². The molecule has 0 atom stereocenters. The first kappa shape index (κ1) is 33.7. The molecule has 2 heterocycles. The molecule has 0 aliphatic heterocycles. The molecule has 0 unspecified atom stereocenters. The molecule has 0 bridgehead atoms. The minimum absolute atomic E-state index is 0.891. The number of para-hydroxylation sites is 1. The summed E-state index contributed by atoms with van der Waals surface area (Å²) in [6.45, 7) is 0. The van der Waals surface area contributed by atoms with Crippen molar-refractivity contribution in [2.45, 2.75) is 0 Å². The van der Waals surface area contributed by atoms with E-state index in [1.807, 2.05) is 23.5 Å². The summed E-state index contributed by atoms with van der Waals surface area (Å²) in [6.07, 6.45) is 0. The van der Waals surface area contributed by atoms with Gasteiger partial charge in [-0.25, -0.2) is 0 Å². The molecule has 2 nitrogen and oxygen atoms in total. The third kappa shape index (κ3) is 5.55. The lowest BCUT2D eigenvalue weighted by Gasteiger charge is -2.29. The number of furan rings is 1. The predicted octanol–water partition coefficient (Wildman–Crippen LogP) is 16.7. The molecular formula is C56H35NOS. The van der Waals surface area contributed by atoms with Gasteiger partial charge in [0.2, 0.25) is 0 Å². The molecule has 2 aromatic heterocycles. The second-order valence-electron chi connectivity index (χ2n) is 15.2. The Hall–Kier alpha value is -7.46. The zero-order valence-electron chi connectivity index (χ0n) is 32.0. The van der Waals surface area contributed by atoms with Gasteiger partial charge in [0.05, 0.1) is 16.1 Å². The van der Waals surface area contributed by atoms with Crippen LogP contribution in [0.5, 0.6) is 0 Å². The first-order chi connectivity index (χ1) is 29.2. The van der Waals surface area contributed by atoms with Crippen molar-refractivity contribution in [2.24, 2.45) is 0 Å². The van der Waals surface area contributed by atoms with Crippen molar-refractivity contribution in [3.63, 3.8) is 0 Å². The Labute approximate surface area is 345 Å². The van der Waals surface area contributed by atoms with Crippen LogP contribution < -0.4 is 4.90 Å². The highest BCUT2D eigenvalue weighted by Crippen LogP contribution is 2.49. The molecule has 0 saturated carbocycles. The maximum Gasteiger partial charge on any atom is 0.136 e. The largest absolute Gasteiger partial charge is 0.456 e. The maximum atomic E-state index is 6.38. The Morgan fingerprint density at radius 2 is 1.00 bits per heavy atom. The van der Waals surface area contributed by atoms with Crippen molar-refractivity contribution in [1.82, 2.24) is 0 Å². The first-order valence-electron chi connectivity index (χ1n) is 20.1. The van der Waals surface area contributed by atoms with E-state index in [1.165, 1.54) is 52.8 Å². The Kier molecular flexibility index (Phi) is 7.75. The third-order valence-electron chi connectivity index (χ3n) is 11.8. The van der Waals surface area contributed by atoms with E-state index in [0.29, 0.717) is 0 Å². The van der Waals surface area contributed by atoms with Crippen LogP contribution in [0.3, 0.4) is 0 Å². The second kappa shape index (κ2) is 13.6. The fourth-order valence-corrected chi connectivity index (χ4v) is 10.3. The molecule has 0 amide bonds. The number of benzene rings is 10. The van der Waals surface area contributed by atoms with Gasteiger partial charge in [0.25, 0.3) is 0 Å². The van der Waals surface area contributed by atoms with Crippen molar-refractivity contribution in [2.75, 3.05) is 4.90 Å². The number of rotatable bonds is 6. The molecule has 12 rings (SSSR count). The second-order valence-corrected chi connectivity index (χ2v) is 16.3. The summed E-state index contributed by atoms with van der Waals surface area (Å²) >= 11 is 1.86. The van der Waals surface area contributed by atoms with Crippen LogP contribution in [-0.2, 0) is 0 Å². The summed E-state index contributed by atoms with van der Waals surface area (Å²) in [4.78, 5) is 2.50. The van der Waals surface area contributed by atoms with Gasteiger partial charge in [-0.15, -0.1) is 11.3 Å². The molecule has 276 valence electrons. The molecule has 0 aliphatic rings. The number of thiophene rings is 1. The molecule has 3 heteroatoms. The van der Waals surface area contributed by atoms with E-state index < -0.39 is 0 Å². The van der Waals surface area contributed by atoms with E-state index in [2.05, 4.69) is 205 Å². The van der Waals surface area contributed by atoms with Gasteiger partial charge in [-0.3, -0.25) is 0 Å². The highest BCUT2D eigenvalue weighted by Gasteiger charge is 2.23. The average Bonchev–Trinajstić information content (AvgIpc) is 3.88. The van der Waals surface area contributed by atoms with Crippen molar-refractivity contribution < 1.29 is 4.42 Å². The predicted molar refractivity (Wildman–Crippen MR) is 253 cm³/mol. The van der Waals surface area contributed by atoms with Crippen LogP contribution in [0.25, 0.3) is 97.0 Å². The first-order valence-corrected chi connectivity index (χ1v) is 20.9. The number of hydrogen-bond acceptors (Lipinski definition) is 3. The number of hydrogen-bond donors (Lipinski definition) is 0. The standard InChI is InChI=1S/C56H35NOS/c1-2-14-36(15-3-1)43-30-29-40(50-33-39-16-4-5-19-42(39)44-20-6-7-21-45(44)50)34-52(43)57(51-25-13-24-49-48-23-9-11-27-55(48)59-56(49)51)41-18-12-17-37(32-41)38-28-31-47-46-22-8-10-26-53(46)58-54(47)35-38/h1-35H. The van der Waals surface area contributed by atoms with E-state index in [4.69, 9.17) is 4.42 Å². The molecular weight excluding hydrogens is 735 g/mol. The minimum atomic E-state index is 0.891. The van der Waals surface area contributed by atoms with Crippen molar-refractivity contribution >= 4 is 92.1 Å². The molecule has 0 aliphatic carbocycles. The van der Waals surface area contributed by atoms with Crippen LogP contribution in [0.2, 0.25) is 0 Å². The number of fused-ring (bicyclic) bond motifs is 9. The average molecular weight is 770 g/mol. The van der Waals surface area contributed by atoms with Crippen LogP contribution >= 0.6 is 11.3 Å². The Morgan fingerprint density at radius 3 is 1.90 bits per heavy atom. The van der Waals surface area contributed by atoms with Crippen LogP contribution in [-0.4, -0.2) is 0 Å². The van der Waals surface area contributed by atoms with E-state index in [1.54, 1.807) is 0 Å². The van der Waals surface area contributed by atoms with E-state index >= 15 is 0 Å². The lowest BCUT2D eigenvalue weighted by Crippen LogP contribution is -2.12. The molecule has 0 radical (unpaired) electrons. The van der Waals surface area contributed by atoms with Crippen LogP contribution in [0, 0.1) is 0 Å². The third-order valence-corrected chi connectivity index (χ3v) is 13.1. The summed E-state index contributed by atoms with van der Waals surface area (Å²) < 4.78 is 8.91. The van der Waals surface area contributed by atoms with Crippen molar-refractivity contribution in [3.05, 3.63) is 212 Å². The Bertz CT molecular complexity index is 3580. The topological polar surface area (TPSA) is 16.4 Å². The van der Waals surface area contributed by atoms with E-state index in [-0.39, 0.29) is 0 Å². The fraction of sp³-hybridized carbons (Fsp3) is 0. The van der Waals surface area contributed by atoms with Gasteiger partial charge in [-0.05, 0) is 104 Å². The highest BCUT2D eigenvalue weighted by atomic mass is 32.1. The highest BCUT2D eigenvalue weighted by molar-refractivity contribution is 7.26. The summed E-state index contributed by atoms with van der Waals surface area (Å²) in [5.41, 5.74) is 12.1. The summed E-state index contributed by atoms with van der Waals surface area (Å²) in [7, 11) is 0. The van der Waals surface area contributed by atoms with Crippen molar-refractivity contribution in [1.29, 1.82) is 0 Å². The van der Waals surface area contributed by atoms with E-state index in [9.17, 15) is 0 Å². The molecule has 0 fully saturated rings. The van der Waals surface area contributed by atoms with Gasteiger partial charge in [-0.2, -0.15) is 0 Å². The minimum Gasteiger partial charge on any atom is -0.456 e. The Balaban J connectivity index is 1.13. The zero-order chi connectivity index (χ0) is 38.9. The number of nitrogens with zero attached hydrogens (tertiary/aromatic N) is 1. The Morgan fingerprint density at radius 1 is 0.339 bits per heavy atom. The van der Waals surface area contributed by atoms with Gasteiger partial charge in [0.15, 0.2) is 0 Å². The molecule has 0 saturated heterocycles. The SMILES string of the molecule is c1ccc(-c2ccc(-c3cc4ccccc4c4ccccc34)cc2N(c2cccc(-c3ccc4c(c3)oc3ccccc34)c2)c2cccc3c2sc2ccccc23)cc1. The van der Waals surface area contributed by atoms with E-state index in [0.717, 1.165) is 61.3 Å². The molecule has 0 spiro atoms. The molecule has 59 heavy (non-hydrogen) atoms. The molecule has 0 N–H and O–H groups in total. The van der Waals surface area contributed by atoms with Crippen LogP contribution in [0.15, 0.2) is 217 Å². The molecule has 12 aromatic rings. The summed E-state index contributed by atoms with van der Waals surface area (Å²) in [5, 5.41) is 9.81. The van der Waals surface area contributed by atoms with Gasteiger partial charge in [0, 0.05) is 37.5 Å². The smallest absolute Gasteiger partial charge is 0.136 e. The van der Waals surface area contributed by atoms with Gasteiger partial charge in [0.1, 0.15) is 11.2 Å². The maximum absolute atomic E-state index is 6.38. The summed E-state index contributed by atoms with van der Waals surface area (Å²) in [6, 6.07) is 77.2. The normalized spacial score (nSPS) is 11.7. The summed E-state index contributed by atoms with van der Waals surface area (Å²) in [5.74, 6) is 0. The molecule has 10 aromatic carbocycles. The lowest BCUT2D eigenvalue weighted by atomic mass is 9.91. The van der Waals surface area contributed by atoms with Gasteiger partial charge < -0.3 is 9.32 Å². The van der Waals surface area contributed by atoms with Gasteiger partial charge in [-0.1, -0.05) is 158 Å².